The summed E-state index contributed by atoms with van der Waals surface area (Å²) in [5, 5.41) is 15.4. The van der Waals surface area contributed by atoms with Gasteiger partial charge >= 0.3 is 0 Å². The van der Waals surface area contributed by atoms with Gasteiger partial charge in [0.25, 0.3) is 5.91 Å². The smallest absolute Gasteiger partial charge is 0.254 e. The Morgan fingerprint density at radius 1 is 1.20 bits per heavy atom. The van der Waals surface area contributed by atoms with E-state index in [1.807, 2.05) is 6.92 Å². The third-order valence-electron chi connectivity index (χ3n) is 5.65. The van der Waals surface area contributed by atoms with Crippen molar-refractivity contribution in [3.63, 3.8) is 0 Å². The van der Waals surface area contributed by atoms with Gasteiger partial charge in [-0.25, -0.2) is 4.39 Å². The summed E-state index contributed by atoms with van der Waals surface area (Å²) in [5.41, 5.74) is 1.44. The Hall–Kier alpha value is -3.52. The molecule has 1 saturated carbocycles. The number of benzene rings is 2. The van der Waals surface area contributed by atoms with Gasteiger partial charge in [-0.1, -0.05) is 24.7 Å². The van der Waals surface area contributed by atoms with Crippen molar-refractivity contribution in [3.05, 3.63) is 77.3 Å². The van der Waals surface area contributed by atoms with E-state index in [4.69, 9.17) is 14.7 Å². The van der Waals surface area contributed by atoms with Crippen LogP contribution in [-0.4, -0.2) is 41.8 Å². The Morgan fingerprint density at radius 2 is 1.89 bits per heavy atom. The molecule has 0 heterocycles. The van der Waals surface area contributed by atoms with E-state index in [2.05, 4.69) is 17.1 Å². The van der Waals surface area contributed by atoms with Crippen LogP contribution < -0.4 is 10.1 Å². The van der Waals surface area contributed by atoms with Crippen molar-refractivity contribution in [3.8, 4) is 5.75 Å². The molecule has 35 heavy (non-hydrogen) atoms. The van der Waals surface area contributed by atoms with Crippen molar-refractivity contribution in [2.24, 2.45) is 11.1 Å². The fraction of sp³-hybridized carbons (Fsp3) is 0.370. The highest BCUT2D eigenvalue weighted by Crippen LogP contribution is 2.33. The van der Waals surface area contributed by atoms with Crippen molar-refractivity contribution in [2.45, 2.75) is 45.6 Å². The number of nitrogens with one attached hydrogen (secondary N) is 1. The Kier molecular flexibility index (Phi) is 9.14. The van der Waals surface area contributed by atoms with Crippen LogP contribution in [-0.2, 0) is 4.84 Å². The minimum atomic E-state index is -0.684. The second-order valence-electron chi connectivity index (χ2n) is 8.44. The minimum Gasteiger partial charge on any atom is -0.482 e. The number of carbonyl (C=O) groups excluding carboxylic acids is 2. The molecular formula is C27H31FN2O5. The van der Waals surface area contributed by atoms with Gasteiger partial charge in [0.05, 0.1) is 11.3 Å². The van der Waals surface area contributed by atoms with Crippen molar-refractivity contribution < 1.29 is 28.7 Å². The second kappa shape index (κ2) is 12.3. The summed E-state index contributed by atoms with van der Waals surface area (Å²) < 4.78 is 20.4. The summed E-state index contributed by atoms with van der Waals surface area (Å²) in [4.78, 5) is 29.7. The van der Waals surface area contributed by atoms with Gasteiger partial charge in [-0.15, -0.1) is 0 Å². The van der Waals surface area contributed by atoms with Gasteiger partial charge < -0.3 is 20.0 Å². The maximum Gasteiger partial charge on any atom is 0.254 e. The van der Waals surface area contributed by atoms with E-state index in [1.54, 1.807) is 37.3 Å². The highest BCUT2D eigenvalue weighted by Gasteiger charge is 2.30. The maximum absolute atomic E-state index is 14.5. The Balaban J connectivity index is 1.58. The van der Waals surface area contributed by atoms with Crippen LogP contribution in [0, 0.1) is 11.7 Å². The third kappa shape index (κ3) is 7.23. The topological polar surface area (TPSA) is 97.2 Å². The predicted octanol–water partition coefficient (Wildman–Crippen LogP) is 4.64. The normalized spacial score (nSPS) is 14.2. The molecule has 2 aromatic carbocycles. The zero-order valence-corrected chi connectivity index (χ0v) is 20.1. The third-order valence-corrected chi connectivity index (χ3v) is 5.65. The number of halogens is 1. The number of hydrogen-bond donors (Lipinski definition) is 2. The van der Waals surface area contributed by atoms with E-state index >= 15 is 0 Å². The molecular weight excluding hydrogens is 451 g/mol. The van der Waals surface area contributed by atoms with Gasteiger partial charge in [-0.2, -0.15) is 0 Å². The molecule has 1 atom stereocenters. The fourth-order valence-electron chi connectivity index (χ4n) is 3.36. The van der Waals surface area contributed by atoms with Crippen molar-refractivity contribution >= 4 is 17.4 Å². The summed E-state index contributed by atoms with van der Waals surface area (Å²) in [7, 11) is 0. The highest BCUT2D eigenvalue weighted by atomic mass is 19.1. The second-order valence-corrected chi connectivity index (χ2v) is 8.44. The lowest BCUT2D eigenvalue weighted by molar-refractivity contribution is 0.0944. The molecule has 2 N–H and O–H groups in total. The van der Waals surface area contributed by atoms with Gasteiger partial charge in [-0.3, -0.25) is 9.59 Å². The molecule has 1 fully saturated rings. The number of ketones is 1. The fourth-order valence-corrected chi connectivity index (χ4v) is 3.36. The van der Waals surface area contributed by atoms with Crippen LogP contribution in [0.2, 0.25) is 0 Å². The first kappa shape index (κ1) is 26.1. The molecule has 0 aromatic heterocycles. The van der Waals surface area contributed by atoms with E-state index in [1.165, 1.54) is 12.1 Å². The molecule has 1 unspecified atom stereocenters. The van der Waals surface area contributed by atoms with E-state index in [0.717, 1.165) is 12.8 Å². The molecule has 0 radical (unpaired) electrons. The summed E-state index contributed by atoms with van der Waals surface area (Å²) in [5.74, 6) is -0.0219. The van der Waals surface area contributed by atoms with E-state index in [0.29, 0.717) is 35.4 Å². The lowest BCUT2D eigenvalue weighted by Crippen LogP contribution is -2.26. The minimum absolute atomic E-state index is 0.0553. The average Bonchev–Trinajstić information content (AvgIpc) is 3.71. The molecule has 7 nitrogen and oxygen atoms in total. The first-order valence-electron chi connectivity index (χ1n) is 11.7. The molecule has 0 saturated heterocycles. The van der Waals surface area contributed by atoms with Crippen molar-refractivity contribution in [2.75, 3.05) is 13.2 Å². The lowest BCUT2D eigenvalue weighted by Gasteiger charge is -2.18. The number of amides is 1. The molecule has 3 rings (SSSR count). The lowest BCUT2D eigenvalue weighted by atomic mass is 10.1. The van der Waals surface area contributed by atoms with Gasteiger partial charge in [0.2, 0.25) is 0 Å². The van der Waals surface area contributed by atoms with Gasteiger partial charge in [-0.05, 0) is 69.0 Å². The summed E-state index contributed by atoms with van der Waals surface area (Å²) in [6.45, 7) is 7.68. The quantitative estimate of drug-likeness (QED) is 0.143. The first-order valence-corrected chi connectivity index (χ1v) is 11.7. The van der Waals surface area contributed by atoms with Gasteiger partial charge in [0.15, 0.2) is 17.6 Å². The van der Waals surface area contributed by atoms with E-state index in [-0.39, 0.29) is 36.2 Å². The van der Waals surface area contributed by atoms with Crippen LogP contribution in [0.4, 0.5) is 4.39 Å². The first-order chi connectivity index (χ1) is 16.8. The summed E-state index contributed by atoms with van der Waals surface area (Å²) in [6.07, 6.45) is 2.42. The van der Waals surface area contributed by atoms with Crippen LogP contribution in [0.1, 0.15) is 65.8 Å². The van der Waals surface area contributed by atoms with Crippen molar-refractivity contribution in [1.29, 1.82) is 0 Å². The molecule has 1 aliphatic rings. The summed E-state index contributed by atoms with van der Waals surface area (Å²) >= 11 is 0. The van der Waals surface area contributed by atoms with Crippen LogP contribution in [0.3, 0.4) is 0 Å². The zero-order chi connectivity index (χ0) is 25.4. The molecule has 1 amide bonds. The highest BCUT2D eigenvalue weighted by molar-refractivity contribution is 6.00. The van der Waals surface area contributed by atoms with E-state index in [9.17, 15) is 14.0 Å². The standard InChI is InChI=1S/C27H31FN2O5/c1-4-25(34-22-11-8-20(9-12-22)26(32)19-6-7-19)18(3)35-30-17(2)21-10-13-23(24(28)16-21)27(33)29-14-5-15-31/h8-13,16,19,25,31H,3-7,14-15H2,1-2H3,(H,29,33)/b30-17+. The number of aliphatic hydroxyl groups is 1. The van der Waals surface area contributed by atoms with E-state index < -0.39 is 17.8 Å². The molecule has 8 heteroatoms. The zero-order valence-electron chi connectivity index (χ0n) is 20.1. The Morgan fingerprint density at radius 3 is 2.49 bits per heavy atom. The molecule has 0 spiro atoms. The van der Waals surface area contributed by atoms with Crippen LogP contribution >= 0.6 is 0 Å². The monoisotopic (exact) mass is 482 g/mol. The van der Waals surface area contributed by atoms with Crippen molar-refractivity contribution in [1.82, 2.24) is 5.32 Å². The summed E-state index contributed by atoms with van der Waals surface area (Å²) in [6, 6.07) is 11.2. The van der Waals surface area contributed by atoms with Gasteiger partial charge in [0, 0.05) is 30.2 Å². The average molecular weight is 483 g/mol. The SMILES string of the molecule is C=C(O/N=C(\C)c1ccc(C(=O)NCCCO)c(F)c1)C(CC)Oc1ccc(C(=O)C2CC2)cc1. The number of hydrogen-bond acceptors (Lipinski definition) is 6. The number of nitrogens with zero attached hydrogens (tertiary/aromatic N) is 1. The molecule has 2 aromatic rings. The number of Topliss-reactive ketones (excluding diaryl/α,β-unsaturated/α-hetero) is 1. The predicted molar refractivity (Wildman–Crippen MR) is 131 cm³/mol. The Bertz CT molecular complexity index is 1090. The maximum atomic E-state index is 14.5. The number of rotatable bonds is 13. The molecule has 0 aliphatic heterocycles. The molecule has 0 bridgehead atoms. The number of carbonyl (C=O) groups is 2. The van der Waals surface area contributed by atoms with Crippen LogP contribution in [0.25, 0.3) is 0 Å². The number of oxime groups is 1. The number of ether oxygens (including phenoxy) is 1. The largest absolute Gasteiger partial charge is 0.482 e. The van der Waals surface area contributed by atoms with Gasteiger partial charge in [0.1, 0.15) is 11.6 Å². The molecule has 186 valence electrons. The van der Waals surface area contributed by atoms with Crippen LogP contribution in [0.5, 0.6) is 5.75 Å². The number of aliphatic hydroxyl groups excluding tert-OH is 1. The Labute approximate surface area is 204 Å². The van der Waals surface area contributed by atoms with Crippen LogP contribution in [0.15, 0.2) is 60.0 Å². The molecule has 1 aliphatic carbocycles.